The molecule has 0 heterocycles. The van der Waals surface area contributed by atoms with Gasteiger partial charge in [-0.2, -0.15) is 0 Å². The van der Waals surface area contributed by atoms with Crippen LogP contribution in [0.1, 0.15) is 27.7 Å². The molecule has 0 aliphatic carbocycles. The number of hydrogen-bond acceptors (Lipinski definition) is 5. The van der Waals surface area contributed by atoms with E-state index in [0.29, 0.717) is 0 Å². The zero-order valence-corrected chi connectivity index (χ0v) is 14.5. The number of carbonyl (C=O) groups excluding carboxylic acids is 2. The Labute approximate surface area is 136 Å². The topological polar surface area (TPSA) is 92.3 Å². The molecule has 7 heteroatoms. The predicted molar refractivity (Wildman–Crippen MR) is 45.6 cm³/mol. The van der Waals surface area contributed by atoms with E-state index in [0.717, 1.165) is 26.9 Å². The maximum Gasteiger partial charge on any atom is 1.00 e. The molecule has 0 aromatic heterocycles. The second-order valence-corrected chi connectivity index (χ2v) is 1.94. The summed E-state index contributed by atoms with van der Waals surface area (Å²) in [4.78, 5) is 17.8. The van der Waals surface area contributed by atoms with Gasteiger partial charge in [-0.3, -0.25) is 0 Å². The summed E-state index contributed by atoms with van der Waals surface area (Å²) in [7, 11) is 0. The van der Waals surface area contributed by atoms with Gasteiger partial charge < -0.3 is 25.1 Å². The van der Waals surface area contributed by atoms with Crippen molar-refractivity contribution in [2.45, 2.75) is 27.7 Å². The van der Waals surface area contributed by atoms with Crippen molar-refractivity contribution in [3.63, 3.8) is 0 Å². The summed E-state index contributed by atoms with van der Waals surface area (Å²) in [6.07, 6.45) is 0. The molecule has 0 radical (unpaired) electrons. The summed E-state index contributed by atoms with van der Waals surface area (Å²) in [6, 6.07) is 0. The van der Waals surface area contributed by atoms with E-state index >= 15 is 0 Å². The van der Waals surface area contributed by atoms with Gasteiger partial charge in [-0.1, -0.05) is 13.8 Å². The molecule has 5 nitrogen and oxygen atoms in total. The first-order valence-corrected chi connectivity index (χ1v) is 3.94. The summed E-state index contributed by atoms with van der Waals surface area (Å²) < 4.78 is 0. The third-order valence-corrected chi connectivity index (χ3v) is 0.500. The van der Waals surface area contributed by atoms with Gasteiger partial charge in [0.15, 0.2) is 0 Å². The van der Waals surface area contributed by atoms with Crippen molar-refractivity contribution >= 4 is 11.9 Å². The van der Waals surface area contributed by atoms with Gasteiger partial charge >= 0.3 is 59.1 Å². The van der Waals surface area contributed by atoms with E-state index in [1.54, 1.807) is 0 Å². The Morgan fingerprint density at radius 2 is 1.07 bits per heavy atom. The van der Waals surface area contributed by atoms with Gasteiger partial charge in [0, 0.05) is 11.9 Å². The van der Waals surface area contributed by atoms with E-state index in [2.05, 4.69) is 19.2 Å². The van der Waals surface area contributed by atoms with Crippen LogP contribution in [0.25, 0.3) is 0 Å². The van der Waals surface area contributed by atoms with Gasteiger partial charge in [-0.05, 0) is 26.9 Å². The number of nitrogens with one attached hydrogen (secondary N) is 1. The molecule has 0 saturated carbocycles. The van der Waals surface area contributed by atoms with E-state index in [-0.39, 0.29) is 59.1 Å². The van der Waals surface area contributed by atoms with Crippen LogP contribution in [0.15, 0.2) is 0 Å². The molecule has 15 heavy (non-hydrogen) atoms. The minimum absolute atomic E-state index is 0. The first-order chi connectivity index (χ1) is 5.88. The van der Waals surface area contributed by atoms with Crippen LogP contribution in [0.5, 0.6) is 0 Å². The molecule has 0 aromatic rings. The second-order valence-electron chi connectivity index (χ2n) is 1.94. The fourth-order valence-electron chi connectivity index (χ4n) is 0.250. The van der Waals surface area contributed by atoms with Crippen LogP contribution in [0, 0.1) is 0 Å². The maximum atomic E-state index is 8.89. The van der Waals surface area contributed by atoms with Gasteiger partial charge in [-0.15, -0.1) is 0 Å². The first kappa shape index (κ1) is 29.7. The summed E-state index contributed by atoms with van der Waals surface area (Å²) in [5.41, 5.74) is 0. The van der Waals surface area contributed by atoms with Crippen LogP contribution in [-0.4, -0.2) is 25.0 Å². The molecule has 0 rings (SSSR count). The number of carbonyl (C=O) groups is 2. The van der Waals surface area contributed by atoms with Crippen molar-refractivity contribution in [3.05, 3.63) is 0 Å². The average molecular weight is 237 g/mol. The smallest absolute Gasteiger partial charge is 0.550 e. The number of hydrogen-bond donors (Lipinski definition) is 1. The molecule has 0 saturated heterocycles. The van der Waals surface area contributed by atoms with E-state index in [9.17, 15) is 0 Å². The minimum atomic E-state index is -1.08. The predicted octanol–water partition coefficient (Wildman–Crippen LogP) is -7.86. The Morgan fingerprint density at radius 1 is 0.933 bits per heavy atom. The van der Waals surface area contributed by atoms with Crippen LogP contribution in [0.2, 0.25) is 0 Å². The Kier molecular flexibility index (Phi) is 58.2. The molecule has 0 aliphatic rings. The Morgan fingerprint density at radius 3 is 1.07 bits per heavy atom. The standard InChI is InChI=1S/C4H11N.2C2H4O2.2Na/c1-3-5-4-2;2*1-2(3)4;;/h5H,3-4H2,1-2H3;2*1H3,(H,3,4);;/q;;;2*+1/p-2. The Balaban J connectivity index is -0.0000000315. The maximum absolute atomic E-state index is 8.89. The van der Waals surface area contributed by atoms with E-state index in [1.807, 2.05) is 0 Å². The molecule has 1 N–H and O–H groups in total. The second kappa shape index (κ2) is 29.4. The summed E-state index contributed by atoms with van der Waals surface area (Å²) >= 11 is 0. The van der Waals surface area contributed by atoms with Gasteiger partial charge in [0.2, 0.25) is 0 Å². The van der Waals surface area contributed by atoms with Gasteiger partial charge in [0.25, 0.3) is 0 Å². The van der Waals surface area contributed by atoms with Crippen molar-refractivity contribution < 1.29 is 78.9 Å². The van der Waals surface area contributed by atoms with Crippen molar-refractivity contribution in [2.75, 3.05) is 13.1 Å². The molecule has 0 atom stereocenters. The largest absolute Gasteiger partial charge is 1.00 e. The number of carboxylic acids is 2. The third kappa shape index (κ3) is 295. The Hall–Kier alpha value is 0.900. The monoisotopic (exact) mass is 237 g/mol. The van der Waals surface area contributed by atoms with E-state index in [1.165, 1.54) is 0 Å². The van der Waals surface area contributed by atoms with Gasteiger partial charge in [0.1, 0.15) is 0 Å². The molecular formula is C8H17NNa2O4. The minimum Gasteiger partial charge on any atom is -0.550 e. The molecule has 0 aliphatic heterocycles. The SMILES string of the molecule is CC(=O)[O-].CC(=O)[O-].CCNCC.[Na+].[Na+]. The molecule has 0 spiro atoms. The van der Waals surface area contributed by atoms with Crippen molar-refractivity contribution in [1.29, 1.82) is 0 Å². The summed E-state index contributed by atoms with van der Waals surface area (Å²) in [6.45, 7) is 8.33. The quantitative estimate of drug-likeness (QED) is 0.482. The molecule has 0 bridgehead atoms. The number of carboxylic acid groups (broad SMARTS) is 2. The zero-order chi connectivity index (χ0) is 11.3. The van der Waals surface area contributed by atoms with Crippen molar-refractivity contribution in [2.24, 2.45) is 0 Å². The van der Waals surface area contributed by atoms with Gasteiger partial charge in [-0.25, -0.2) is 0 Å². The van der Waals surface area contributed by atoms with Crippen LogP contribution in [0.3, 0.4) is 0 Å². The Bertz CT molecular complexity index is 112. The molecular weight excluding hydrogens is 220 g/mol. The zero-order valence-electron chi connectivity index (χ0n) is 10.5. The average Bonchev–Trinajstić information content (AvgIpc) is 1.86. The van der Waals surface area contributed by atoms with E-state index < -0.39 is 11.9 Å². The molecule has 0 fully saturated rings. The molecule has 0 amide bonds. The normalized spacial score (nSPS) is 6.13. The number of rotatable bonds is 2. The first-order valence-electron chi connectivity index (χ1n) is 3.94. The van der Waals surface area contributed by atoms with Crippen molar-refractivity contribution in [1.82, 2.24) is 5.32 Å². The van der Waals surface area contributed by atoms with Crippen molar-refractivity contribution in [3.8, 4) is 0 Å². The fourth-order valence-corrected chi connectivity index (χ4v) is 0.250. The van der Waals surface area contributed by atoms with E-state index in [4.69, 9.17) is 19.8 Å². The molecule has 0 aromatic carbocycles. The van der Waals surface area contributed by atoms with Crippen LogP contribution >= 0.6 is 0 Å². The summed E-state index contributed by atoms with van der Waals surface area (Å²) in [5.74, 6) is -2.17. The van der Waals surface area contributed by atoms with Crippen LogP contribution in [-0.2, 0) is 9.59 Å². The molecule has 80 valence electrons. The number of aliphatic carboxylic acids is 2. The summed E-state index contributed by atoms with van der Waals surface area (Å²) in [5, 5.41) is 20.9. The molecule has 0 unspecified atom stereocenters. The van der Waals surface area contributed by atoms with Crippen LogP contribution in [0.4, 0.5) is 0 Å². The van der Waals surface area contributed by atoms with Gasteiger partial charge in [0.05, 0.1) is 0 Å². The third-order valence-electron chi connectivity index (χ3n) is 0.500. The fraction of sp³-hybridized carbons (Fsp3) is 0.750. The van der Waals surface area contributed by atoms with Crippen LogP contribution < -0.4 is 74.6 Å².